The van der Waals surface area contributed by atoms with E-state index in [-0.39, 0.29) is 34.0 Å². The molecule has 4 N–H and O–H groups in total. The van der Waals surface area contributed by atoms with Crippen LogP contribution in [0.1, 0.15) is 25.8 Å². The Morgan fingerprint density at radius 1 is 0.977 bits per heavy atom. The van der Waals surface area contributed by atoms with Gasteiger partial charge < -0.3 is 25.7 Å². The Morgan fingerprint density at radius 2 is 1.61 bits per heavy atom. The number of esters is 1. The summed E-state index contributed by atoms with van der Waals surface area (Å²) >= 11 is 4.03. The van der Waals surface area contributed by atoms with Gasteiger partial charge in [0, 0.05) is 5.92 Å². The van der Waals surface area contributed by atoms with E-state index in [0.717, 1.165) is 6.92 Å². The van der Waals surface area contributed by atoms with Gasteiger partial charge in [-0.05, 0) is 6.92 Å². The molecule has 3 aliphatic rings. The van der Waals surface area contributed by atoms with Crippen LogP contribution in [0.3, 0.4) is 0 Å². The number of ether oxygens (including phenoxy) is 3. The van der Waals surface area contributed by atoms with Crippen LogP contribution in [0.2, 0.25) is 0 Å². The molecule has 2 bridgehead atoms. The number of anilines is 2. The third kappa shape index (κ3) is 4.76. The Kier molecular flexibility index (Phi) is 6.98. The summed E-state index contributed by atoms with van der Waals surface area (Å²) in [5, 5.41) is 0. The zero-order chi connectivity index (χ0) is 31.0. The zero-order valence-corrected chi connectivity index (χ0v) is 24.5. The lowest BCUT2D eigenvalue weighted by atomic mass is 9.97. The number of alkyl halides is 2. The fourth-order valence-corrected chi connectivity index (χ4v) is 7.31. The number of imidazole rings is 2. The number of thiol groups is 1. The first kappa shape index (κ1) is 29.2. The fourth-order valence-electron chi connectivity index (χ4n) is 5.78. The monoisotopic (exact) mass is 654 g/mol. The van der Waals surface area contributed by atoms with Crippen molar-refractivity contribution in [1.29, 1.82) is 0 Å². The van der Waals surface area contributed by atoms with Gasteiger partial charge in [0.2, 0.25) is 0 Å². The summed E-state index contributed by atoms with van der Waals surface area (Å²) in [5.41, 5.74) is 10.2. The van der Waals surface area contributed by atoms with Crippen molar-refractivity contribution < 1.29 is 41.4 Å². The van der Waals surface area contributed by atoms with Gasteiger partial charge in [-0.15, -0.1) is 0 Å². The Hall–Kier alpha value is -3.55. The van der Waals surface area contributed by atoms with Gasteiger partial charge in [0.15, 0.2) is 34.8 Å². The van der Waals surface area contributed by atoms with E-state index < -0.39 is 80.9 Å². The van der Waals surface area contributed by atoms with Gasteiger partial charge in [-0.25, -0.2) is 43.2 Å². The standard InChI is InChI=1S/C23H25F2N10O7PS/c1-23(25)16-11(41-22(23)35-8-33-15-18(27)29-6-31-20(15)35)3-38-12(36)2-9-13(24)10(4-39-43(37,44)42-16)40-21(9)34-7-32-14-17(26)28-5-30-19(14)34/h5-11,13,16,21-22H,2-4H2,1H3,(H,37,44)(H2,26,28,30)(H2,27,29,31)/t9-,10-,11-,13+,16-,21-,22-,23-,43-/m1/s1. The smallest absolute Gasteiger partial charge is 0.386 e. The van der Waals surface area contributed by atoms with Gasteiger partial charge >= 0.3 is 12.8 Å². The number of carbonyl (C=O) groups excluding carboxylic acids is 1. The molecule has 7 rings (SSSR count). The molecule has 7 heterocycles. The van der Waals surface area contributed by atoms with Gasteiger partial charge in [-0.3, -0.25) is 23.0 Å². The van der Waals surface area contributed by atoms with Gasteiger partial charge in [0.1, 0.15) is 61.0 Å². The predicted molar refractivity (Wildman–Crippen MR) is 148 cm³/mol. The molecule has 4 aromatic rings. The molecule has 0 spiro atoms. The first-order chi connectivity index (χ1) is 20.9. The van der Waals surface area contributed by atoms with Gasteiger partial charge in [0.25, 0.3) is 0 Å². The number of hydrogen-bond acceptors (Lipinski definition) is 15. The zero-order valence-electron chi connectivity index (χ0n) is 22.7. The molecule has 9 atom stereocenters. The Bertz CT molecular complexity index is 1810. The van der Waals surface area contributed by atoms with Crippen LogP contribution in [0.25, 0.3) is 22.3 Å². The number of aromatic nitrogens is 8. The van der Waals surface area contributed by atoms with Crippen molar-refractivity contribution in [2.45, 2.75) is 56.0 Å². The quantitative estimate of drug-likeness (QED) is 0.159. The second-order valence-corrected chi connectivity index (χ2v) is 13.6. The van der Waals surface area contributed by atoms with Crippen molar-refractivity contribution in [3.05, 3.63) is 25.3 Å². The maximum Gasteiger partial charge on any atom is 0.386 e. The van der Waals surface area contributed by atoms with Crippen LogP contribution in [0, 0.1) is 5.92 Å². The average Bonchev–Trinajstić information content (AvgIpc) is 3.72. The minimum absolute atomic E-state index is 0.0641. The van der Waals surface area contributed by atoms with E-state index in [2.05, 4.69) is 42.2 Å². The maximum absolute atomic E-state index is 16.6. The number of rotatable bonds is 2. The normalized spacial score (nSPS) is 36.5. The molecule has 0 unspecified atom stereocenters. The summed E-state index contributed by atoms with van der Waals surface area (Å²) in [6.07, 6.45) is -4.09. The molecular formula is C23H25F2N10O7PS. The molecule has 0 aromatic carbocycles. The van der Waals surface area contributed by atoms with E-state index in [0.29, 0.717) is 0 Å². The van der Waals surface area contributed by atoms with Crippen LogP contribution in [-0.2, 0) is 32.6 Å². The highest BCUT2D eigenvalue weighted by atomic mass is 32.7. The molecule has 21 heteroatoms. The van der Waals surface area contributed by atoms with Gasteiger partial charge in [0.05, 0.1) is 25.7 Å². The predicted octanol–water partition coefficient (Wildman–Crippen LogP) is 1.69. The maximum atomic E-state index is 16.6. The van der Waals surface area contributed by atoms with Crippen molar-refractivity contribution in [2.75, 3.05) is 24.7 Å². The Morgan fingerprint density at radius 3 is 2.30 bits per heavy atom. The molecule has 3 aliphatic heterocycles. The largest absolute Gasteiger partial charge is 0.463 e. The molecule has 0 aliphatic carbocycles. The van der Waals surface area contributed by atoms with E-state index in [9.17, 15) is 9.36 Å². The van der Waals surface area contributed by atoms with Gasteiger partial charge in [-0.1, -0.05) is 12.2 Å². The lowest BCUT2D eigenvalue weighted by Gasteiger charge is -2.29. The topological polar surface area (TPSA) is 220 Å². The highest BCUT2D eigenvalue weighted by molar-refractivity contribution is 8.44. The summed E-state index contributed by atoms with van der Waals surface area (Å²) in [6, 6.07) is 0. The van der Waals surface area contributed by atoms with E-state index in [4.69, 9.17) is 34.7 Å². The average molecular weight is 655 g/mol. The highest BCUT2D eigenvalue weighted by Crippen LogP contribution is 2.59. The van der Waals surface area contributed by atoms with E-state index in [1.54, 1.807) is 0 Å². The summed E-state index contributed by atoms with van der Waals surface area (Å²) < 4.78 is 76.9. The molecule has 44 heavy (non-hydrogen) atoms. The summed E-state index contributed by atoms with van der Waals surface area (Å²) in [7, 11) is 0. The molecule has 0 saturated carbocycles. The lowest BCUT2D eigenvalue weighted by molar-refractivity contribution is -0.152. The molecule has 4 aromatic heterocycles. The summed E-state index contributed by atoms with van der Waals surface area (Å²) in [5.74, 6) is -1.79. The Balaban J connectivity index is 1.20. The SMILES string of the molecule is C[C@@]1(F)[C@@H]2O[P@](=O)(S)OC[C@H]3O[C@@H](n4cnc5c(N)ncnc54)[C@H](CC(=O)OC[C@H]2O[C@H]1n1cnc2c(N)ncnc21)[C@@H]3F. The molecule has 0 radical (unpaired) electrons. The number of carbonyl (C=O) groups is 1. The van der Waals surface area contributed by atoms with Crippen LogP contribution in [0.5, 0.6) is 0 Å². The number of cyclic esters (lactones) is 1. The first-order valence-electron chi connectivity index (χ1n) is 13.3. The number of hydrogen-bond donors (Lipinski definition) is 3. The van der Waals surface area contributed by atoms with Crippen LogP contribution in [-0.4, -0.2) is 88.4 Å². The second kappa shape index (κ2) is 10.5. The van der Waals surface area contributed by atoms with Crippen molar-refractivity contribution >= 4 is 59.0 Å². The van der Waals surface area contributed by atoms with Crippen molar-refractivity contribution in [1.82, 2.24) is 39.0 Å². The summed E-state index contributed by atoms with van der Waals surface area (Å²) in [4.78, 5) is 37.5. The molecule has 3 fully saturated rings. The Labute approximate surface area is 251 Å². The number of halogens is 2. The number of fused-ring (bicyclic) bond motifs is 5. The summed E-state index contributed by atoms with van der Waals surface area (Å²) in [6.45, 7) is -4.41. The molecular weight excluding hydrogens is 629 g/mol. The molecule has 17 nitrogen and oxygen atoms in total. The highest BCUT2D eigenvalue weighted by Gasteiger charge is 2.59. The second-order valence-electron chi connectivity index (χ2n) is 10.7. The third-order valence-corrected chi connectivity index (χ3v) is 9.48. The van der Waals surface area contributed by atoms with Crippen LogP contribution >= 0.6 is 19.0 Å². The third-order valence-electron chi connectivity index (χ3n) is 7.89. The van der Waals surface area contributed by atoms with Crippen LogP contribution in [0.4, 0.5) is 20.4 Å². The number of nitrogen functional groups attached to an aromatic ring is 2. The fraction of sp³-hybridized carbons (Fsp3) is 0.522. The lowest BCUT2D eigenvalue weighted by Crippen LogP contribution is -2.42. The van der Waals surface area contributed by atoms with E-state index >= 15 is 8.78 Å². The van der Waals surface area contributed by atoms with Crippen molar-refractivity contribution in [3.63, 3.8) is 0 Å². The van der Waals surface area contributed by atoms with Crippen molar-refractivity contribution in [2.24, 2.45) is 5.92 Å². The minimum atomic E-state index is -4.40. The van der Waals surface area contributed by atoms with Crippen LogP contribution in [0.15, 0.2) is 25.3 Å². The van der Waals surface area contributed by atoms with Gasteiger partial charge in [-0.2, -0.15) is 0 Å². The number of nitrogens with two attached hydrogens (primary N) is 2. The molecule has 234 valence electrons. The van der Waals surface area contributed by atoms with E-state index in [1.807, 2.05) is 0 Å². The first-order valence-corrected chi connectivity index (χ1v) is 16.0. The molecule has 3 saturated heterocycles. The number of nitrogens with zero attached hydrogens (tertiary/aromatic N) is 8. The van der Waals surface area contributed by atoms with Crippen molar-refractivity contribution in [3.8, 4) is 0 Å². The minimum Gasteiger partial charge on any atom is -0.463 e. The van der Waals surface area contributed by atoms with Crippen LogP contribution < -0.4 is 11.5 Å². The van der Waals surface area contributed by atoms with E-state index in [1.165, 1.54) is 34.4 Å². The molecule has 0 amide bonds.